The fraction of sp³-hybridized carbons (Fsp3) is 0. The predicted molar refractivity (Wildman–Crippen MR) is 148 cm³/mol. The Hall–Kier alpha value is -4.42. The van der Waals surface area contributed by atoms with Crippen LogP contribution in [0.25, 0.3) is 75.8 Å². The lowest BCUT2D eigenvalue weighted by atomic mass is 9.85. The molecule has 0 spiro atoms. The summed E-state index contributed by atoms with van der Waals surface area (Å²) in [5, 5.41) is 5.87. The highest BCUT2D eigenvalue weighted by Crippen LogP contribution is 2.44. The van der Waals surface area contributed by atoms with E-state index in [0.717, 1.165) is 32.3 Å². The third kappa shape index (κ3) is 2.32. The second-order valence-electron chi connectivity index (χ2n) is 8.60. The van der Waals surface area contributed by atoms with Gasteiger partial charge in [0.2, 0.25) is 0 Å². The SMILES string of the molecule is [2H]c1c([2H])c2c([2H])c([2H])c3c([2H])c([2H])c(-c4c5ccccc5cc5c4ccc4ccccc45)c4c([2H])c([2H])c(c1[2H])c2c34. The van der Waals surface area contributed by atoms with E-state index < -0.39 is 24.2 Å². The Labute approximate surface area is 209 Å². The first kappa shape index (κ1) is 11.6. The lowest BCUT2D eigenvalue weighted by Gasteiger charge is -2.18. The minimum absolute atomic E-state index is 0.0220. The molecule has 8 aromatic carbocycles. The molecule has 0 atom stereocenters. The van der Waals surface area contributed by atoms with Gasteiger partial charge in [-0.05, 0) is 81.8 Å². The van der Waals surface area contributed by atoms with Gasteiger partial charge in [-0.1, -0.05) is 115 Å². The van der Waals surface area contributed by atoms with Crippen molar-refractivity contribution in [2.75, 3.05) is 0 Å². The zero-order chi connectivity index (χ0) is 30.1. The third-order valence-electron chi connectivity index (χ3n) is 6.83. The van der Waals surface area contributed by atoms with Crippen molar-refractivity contribution in [2.45, 2.75) is 0 Å². The van der Waals surface area contributed by atoms with Crippen molar-refractivity contribution in [1.82, 2.24) is 0 Å². The molecular formula is C34H20. The maximum atomic E-state index is 9.34. The van der Waals surface area contributed by atoms with Gasteiger partial charge in [-0.3, -0.25) is 0 Å². The van der Waals surface area contributed by atoms with Crippen LogP contribution in [0, 0.1) is 0 Å². The molecule has 0 aliphatic carbocycles. The molecule has 0 aliphatic rings. The van der Waals surface area contributed by atoms with E-state index in [1.807, 2.05) is 60.7 Å². The van der Waals surface area contributed by atoms with Gasteiger partial charge >= 0.3 is 0 Å². The van der Waals surface area contributed by atoms with Crippen molar-refractivity contribution in [3.05, 3.63) is 121 Å². The first-order chi connectivity index (χ1) is 20.6. The van der Waals surface area contributed by atoms with E-state index in [1.54, 1.807) is 0 Å². The number of rotatable bonds is 1. The predicted octanol–water partition coefficient (Wildman–Crippen LogP) is 9.71. The minimum Gasteiger partial charge on any atom is -0.0616 e. The average Bonchev–Trinajstić information content (AvgIpc) is 3.01. The molecule has 0 heteroatoms. The standard InChI is InChI=1S/C34H20/c1-3-10-26-21(6-1)14-17-30-31(26)20-25-7-2-4-11-27(25)34(30)29-19-16-24-13-12-22-8-5-9-23-15-18-28(29)33(24)32(22)23/h1-20H/i5D,8D,9D,12D,13D,15D,16D,18D,19D. The van der Waals surface area contributed by atoms with Crippen LogP contribution < -0.4 is 0 Å². The Balaban J connectivity index is 1.74. The van der Waals surface area contributed by atoms with Gasteiger partial charge in [-0.15, -0.1) is 0 Å². The summed E-state index contributed by atoms with van der Waals surface area (Å²) < 4.78 is 80.0. The Morgan fingerprint density at radius 3 is 1.94 bits per heavy atom. The largest absolute Gasteiger partial charge is 0.0630 e. The second-order valence-corrected chi connectivity index (χ2v) is 8.60. The van der Waals surface area contributed by atoms with E-state index in [2.05, 4.69) is 6.07 Å². The maximum absolute atomic E-state index is 9.34. The van der Waals surface area contributed by atoms with E-state index in [0.29, 0.717) is 5.56 Å². The first-order valence-corrected chi connectivity index (χ1v) is 11.1. The molecule has 0 heterocycles. The van der Waals surface area contributed by atoms with E-state index >= 15 is 0 Å². The highest BCUT2D eigenvalue weighted by Gasteiger charge is 2.16. The average molecular weight is 438 g/mol. The summed E-state index contributed by atoms with van der Waals surface area (Å²) in [5.41, 5.74) is 0.889. The second kappa shape index (κ2) is 6.56. The summed E-state index contributed by atoms with van der Waals surface area (Å²) in [4.78, 5) is 0. The molecular weight excluding hydrogens is 408 g/mol. The highest BCUT2D eigenvalue weighted by atomic mass is 14.2. The van der Waals surface area contributed by atoms with Gasteiger partial charge < -0.3 is 0 Å². The van der Waals surface area contributed by atoms with E-state index in [1.165, 1.54) is 0 Å². The Morgan fingerprint density at radius 1 is 0.412 bits per heavy atom. The van der Waals surface area contributed by atoms with Crippen molar-refractivity contribution < 1.29 is 12.3 Å². The summed E-state index contributed by atoms with van der Waals surface area (Å²) >= 11 is 0. The molecule has 8 aromatic rings. The smallest absolute Gasteiger partial charge is 0.0616 e. The molecule has 8 rings (SSSR count). The molecule has 0 amide bonds. The van der Waals surface area contributed by atoms with Crippen molar-refractivity contribution >= 4 is 64.6 Å². The fourth-order valence-corrected chi connectivity index (χ4v) is 5.34. The molecule has 156 valence electrons. The van der Waals surface area contributed by atoms with Gasteiger partial charge in [-0.25, -0.2) is 0 Å². The van der Waals surface area contributed by atoms with Crippen LogP contribution >= 0.6 is 0 Å². The molecule has 0 saturated heterocycles. The molecule has 0 fully saturated rings. The van der Waals surface area contributed by atoms with Crippen molar-refractivity contribution in [1.29, 1.82) is 0 Å². The van der Waals surface area contributed by atoms with E-state index in [9.17, 15) is 2.74 Å². The van der Waals surface area contributed by atoms with Crippen LogP contribution in [0.4, 0.5) is 0 Å². The van der Waals surface area contributed by atoms with Crippen LogP contribution in [0.2, 0.25) is 0 Å². The van der Waals surface area contributed by atoms with Gasteiger partial charge in [0.15, 0.2) is 0 Å². The van der Waals surface area contributed by atoms with E-state index in [4.69, 9.17) is 9.60 Å². The third-order valence-corrected chi connectivity index (χ3v) is 6.83. The van der Waals surface area contributed by atoms with Crippen molar-refractivity contribution in [3.8, 4) is 11.1 Å². The number of hydrogen-bond acceptors (Lipinski definition) is 0. The summed E-state index contributed by atoms with van der Waals surface area (Å²) in [6.45, 7) is 0. The lowest BCUT2D eigenvalue weighted by molar-refractivity contribution is 1.73. The summed E-state index contributed by atoms with van der Waals surface area (Å²) in [5.74, 6) is 0. The van der Waals surface area contributed by atoms with Crippen molar-refractivity contribution in [2.24, 2.45) is 0 Å². The molecule has 0 N–H and O–H groups in total. The van der Waals surface area contributed by atoms with Crippen LogP contribution in [0.15, 0.2) is 121 Å². The zero-order valence-corrected chi connectivity index (χ0v) is 17.9. The topological polar surface area (TPSA) is 0 Å². The number of benzene rings is 8. The summed E-state index contributed by atoms with van der Waals surface area (Å²) in [6, 6.07) is 18.6. The van der Waals surface area contributed by atoms with Crippen LogP contribution in [0.1, 0.15) is 12.3 Å². The fourth-order valence-electron chi connectivity index (χ4n) is 5.34. The van der Waals surface area contributed by atoms with E-state index in [-0.39, 0.29) is 68.1 Å². The van der Waals surface area contributed by atoms with Gasteiger partial charge in [0, 0.05) is 0 Å². The van der Waals surface area contributed by atoms with Gasteiger partial charge in [0.25, 0.3) is 0 Å². The molecule has 0 unspecified atom stereocenters. The lowest BCUT2D eigenvalue weighted by Crippen LogP contribution is -1.90. The highest BCUT2D eigenvalue weighted by molar-refractivity contribution is 6.28. The minimum atomic E-state index is -0.480. The molecule has 0 saturated carbocycles. The van der Waals surface area contributed by atoms with Gasteiger partial charge in [0.1, 0.15) is 0 Å². The normalized spacial score (nSPS) is 15.8. The van der Waals surface area contributed by atoms with Gasteiger partial charge in [-0.2, -0.15) is 0 Å². The van der Waals surface area contributed by atoms with Crippen LogP contribution in [0.5, 0.6) is 0 Å². The molecule has 0 bridgehead atoms. The maximum Gasteiger partial charge on any atom is 0.0630 e. The molecule has 34 heavy (non-hydrogen) atoms. The Kier molecular flexibility index (Phi) is 2.24. The Bertz CT molecular complexity index is 2530. The zero-order valence-electron chi connectivity index (χ0n) is 26.9. The van der Waals surface area contributed by atoms with Crippen LogP contribution in [-0.4, -0.2) is 0 Å². The molecule has 0 radical (unpaired) electrons. The molecule has 0 aromatic heterocycles. The molecule has 0 nitrogen and oxygen atoms in total. The first-order valence-electron chi connectivity index (χ1n) is 15.6. The summed E-state index contributed by atoms with van der Waals surface area (Å²) in [6.07, 6.45) is 0. The van der Waals surface area contributed by atoms with Crippen LogP contribution in [0.3, 0.4) is 0 Å². The van der Waals surface area contributed by atoms with Gasteiger partial charge in [0.05, 0.1) is 12.3 Å². The monoisotopic (exact) mass is 437 g/mol. The summed E-state index contributed by atoms with van der Waals surface area (Å²) in [7, 11) is 0. The van der Waals surface area contributed by atoms with Crippen LogP contribution in [-0.2, 0) is 0 Å². The quantitative estimate of drug-likeness (QED) is 0.177. The number of hydrogen-bond donors (Lipinski definition) is 0. The Morgan fingerprint density at radius 2 is 1.09 bits per heavy atom. The van der Waals surface area contributed by atoms with Crippen molar-refractivity contribution in [3.63, 3.8) is 0 Å². The number of fused-ring (bicyclic) bond motifs is 4. The molecule has 0 aliphatic heterocycles.